The van der Waals surface area contributed by atoms with Crippen LogP contribution in [-0.4, -0.2) is 25.0 Å². The van der Waals surface area contributed by atoms with Crippen molar-refractivity contribution in [3.63, 3.8) is 0 Å². The van der Waals surface area contributed by atoms with Crippen molar-refractivity contribution in [2.75, 3.05) is 0 Å². The Balaban J connectivity index is 1.66. The lowest BCUT2D eigenvalue weighted by atomic mass is 10.1. The summed E-state index contributed by atoms with van der Waals surface area (Å²) in [4.78, 5) is 46.6. The maximum absolute atomic E-state index is 12.9. The Kier molecular flexibility index (Phi) is 5.70. The van der Waals surface area contributed by atoms with E-state index in [1.54, 1.807) is 42.9 Å². The zero-order valence-electron chi connectivity index (χ0n) is 17.0. The lowest BCUT2D eigenvalue weighted by Gasteiger charge is -2.14. The van der Waals surface area contributed by atoms with Crippen molar-refractivity contribution < 1.29 is 4.79 Å². The van der Waals surface area contributed by atoms with Gasteiger partial charge in [0.25, 0.3) is 0 Å². The van der Waals surface area contributed by atoms with Gasteiger partial charge in [0.1, 0.15) is 6.54 Å². The number of benzene rings is 1. The molecule has 0 atom stereocenters. The maximum Gasteiger partial charge on any atom is 0.318 e. The van der Waals surface area contributed by atoms with Crippen LogP contribution in [0.2, 0.25) is 0 Å². The number of pyridine rings is 2. The first-order chi connectivity index (χ1) is 15.0. The Bertz CT molecular complexity index is 1360. The van der Waals surface area contributed by atoms with E-state index in [0.717, 1.165) is 16.7 Å². The minimum atomic E-state index is -0.763. The van der Waals surface area contributed by atoms with Crippen molar-refractivity contribution in [3.8, 4) is 0 Å². The third kappa shape index (κ3) is 4.28. The summed E-state index contributed by atoms with van der Waals surface area (Å²) >= 11 is 0. The molecule has 0 fully saturated rings. The summed E-state index contributed by atoms with van der Waals surface area (Å²) in [5.41, 5.74) is 2.14. The molecule has 8 nitrogen and oxygen atoms in total. The molecule has 4 rings (SSSR count). The van der Waals surface area contributed by atoms with E-state index in [2.05, 4.69) is 15.3 Å². The van der Waals surface area contributed by atoms with Crippen molar-refractivity contribution in [2.24, 2.45) is 0 Å². The van der Waals surface area contributed by atoms with Gasteiger partial charge in [0.05, 0.1) is 12.1 Å². The van der Waals surface area contributed by atoms with E-state index >= 15 is 0 Å². The highest BCUT2D eigenvalue weighted by Gasteiger charge is 2.16. The highest BCUT2D eigenvalue weighted by Crippen LogP contribution is 2.10. The lowest BCUT2D eigenvalue weighted by molar-refractivity contribution is -0.121. The fourth-order valence-electron chi connectivity index (χ4n) is 3.42. The molecule has 0 radical (unpaired) electrons. The van der Waals surface area contributed by atoms with Crippen LogP contribution in [0.5, 0.6) is 0 Å². The molecule has 1 N–H and O–H groups in total. The van der Waals surface area contributed by atoms with Crippen LogP contribution in [-0.2, 0) is 24.4 Å². The number of hydrogen-bond acceptors (Lipinski definition) is 5. The standard InChI is InChI=1S/C23H21N5O3/c1-16-5-2-3-6-18(16)13-26-20(29)15-27-19-7-4-10-25-21(19)28(23(31)22(27)30)14-17-8-11-24-12-9-17/h2-12H,13-15H2,1H3,(H,26,29). The summed E-state index contributed by atoms with van der Waals surface area (Å²) in [5, 5.41) is 2.82. The number of carbonyl (C=O) groups is 1. The fraction of sp³-hybridized carbons (Fsp3) is 0.174. The predicted molar refractivity (Wildman–Crippen MR) is 117 cm³/mol. The van der Waals surface area contributed by atoms with Gasteiger partial charge in [0.2, 0.25) is 5.91 Å². The van der Waals surface area contributed by atoms with Crippen LogP contribution >= 0.6 is 0 Å². The van der Waals surface area contributed by atoms with Gasteiger partial charge in [0.15, 0.2) is 5.65 Å². The Hall–Kier alpha value is -4.07. The van der Waals surface area contributed by atoms with Crippen LogP contribution < -0.4 is 16.4 Å². The molecular formula is C23H21N5O3. The summed E-state index contributed by atoms with van der Waals surface area (Å²) < 4.78 is 2.51. The van der Waals surface area contributed by atoms with Crippen LogP contribution in [0.1, 0.15) is 16.7 Å². The highest BCUT2D eigenvalue weighted by atomic mass is 16.2. The number of nitrogens with one attached hydrogen (secondary N) is 1. The smallest absolute Gasteiger partial charge is 0.318 e. The average Bonchev–Trinajstić information content (AvgIpc) is 2.80. The molecule has 0 aliphatic carbocycles. The number of aromatic nitrogens is 4. The number of amides is 1. The van der Waals surface area contributed by atoms with E-state index in [-0.39, 0.29) is 19.0 Å². The van der Waals surface area contributed by atoms with Gasteiger partial charge in [-0.25, -0.2) is 4.98 Å². The van der Waals surface area contributed by atoms with Crippen molar-refractivity contribution in [3.05, 3.63) is 105 Å². The normalized spacial score (nSPS) is 10.9. The zero-order valence-corrected chi connectivity index (χ0v) is 17.0. The van der Waals surface area contributed by atoms with Gasteiger partial charge in [-0.1, -0.05) is 24.3 Å². The highest BCUT2D eigenvalue weighted by molar-refractivity contribution is 5.78. The molecule has 8 heteroatoms. The van der Waals surface area contributed by atoms with Crippen LogP contribution in [0, 0.1) is 6.92 Å². The first-order valence-corrected chi connectivity index (χ1v) is 9.83. The van der Waals surface area contributed by atoms with E-state index in [9.17, 15) is 14.4 Å². The summed E-state index contributed by atoms with van der Waals surface area (Å²) in [7, 11) is 0. The van der Waals surface area contributed by atoms with Crippen LogP contribution in [0.4, 0.5) is 0 Å². The second-order valence-electron chi connectivity index (χ2n) is 7.19. The number of nitrogens with zero attached hydrogens (tertiary/aromatic N) is 4. The van der Waals surface area contributed by atoms with Crippen LogP contribution in [0.3, 0.4) is 0 Å². The van der Waals surface area contributed by atoms with Gasteiger partial charge in [-0.2, -0.15) is 0 Å². The maximum atomic E-state index is 12.9. The number of aryl methyl sites for hydroxylation is 1. The molecule has 3 heterocycles. The summed E-state index contributed by atoms with van der Waals surface area (Å²) in [6, 6.07) is 14.6. The van der Waals surface area contributed by atoms with E-state index in [1.165, 1.54) is 9.13 Å². The zero-order chi connectivity index (χ0) is 21.8. The van der Waals surface area contributed by atoms with Crippen LogP contribution in [0.25, 0.3) is 11.2 Å². The molecule has 1 aromatic carbocycles. The van der Waals surface area contributed by atoms with E-state index in [4.69, 9.17) is 0 Å². The number of fused-ring (bicyclic) bond motifs is 1. The van der Waals surface area contributed by atoms with Crippen molar-refractivity contribution in [1.82, 2.24) is 24.4 Å². The van der Waals surface area contributed by atoms with Crippen molar-refractivity contribution >= 4 is 17.1 Å². The molecule has 156 valence electrons. The Morgan fingerprint density at radius 1 is 0.935 bits per heavy atom. The fourth-order valence-corrected chi connectivity index (χ4v) is 3.42. The molecule has 0 aliphatic heterocycles. The Labute approximate surface area is 177 Å². The summed E-state index contributed by atoms with van der Waals surface area (Å²) in [6.07, 6.45) is 4.80. The minimum absolute atomic E-state index is 0.185. The molecule has 0 spiro atoms. The second-order valence-corrected chi connectivity index (χ2v) is 7.19. The van der Waals surface area contributed by atoms with E-state index < -0.39 is 11.1 Å². The number of hydrogen-bond donors (Lipinski definition) is 1. The quantitative estimate of drug-likeness (QED) is 0.483. The van der Waals surface area contributed by atoms with E-state index in [1.807, 2.05) is 31.2 Å². The molecule has 0 saturated carbocycles. The van der Waals surface area contributed by atoms with Crippen molar-refractivity contribution in [1.29, 1.82) is 0 Å². The van der Waals surface area contributed by atoms with Gasteiger partial charge in [-0.3, -0.25) is 28.5 Å². The van der Waals surface area contributed by atoms with Gasteiger partial charge in [-0.05, 0) is 47.9 Å². The number of carbonyl (C=O) groups excluding carboxylic acids is 1. The topological polar surface area (TPSA) is 98.9 Å². The SMILES string of the molecule is Cc1ccccc1CNC(=O)Cn1c(=O)c(=O)n(Cc2ccncc2)c2ncccc21. The first-order valence-electron chi connectivity index (χ1n) is 9.83. The van der Waals surface area contributed by atoms with Gasteiger partial charge >= 0.3 is 11.1 Å². The summed E-state index contributed by atoms with van der Waals surface area (Å²) in [5.74, 6) is -0.359. The number of rotatable bonds is 6. The van der Waals surface area contributed by atoms with Crippen molar-refractivity contribution in [2.45, 2.75) is 26.6 Å². The predicted octanol–water partition coefficient (Wildman–Crippen LogP) is 1.63. The third-order valence-electron chi connectivity index (χ3n) is 5.11. The monoisotopic (exact) mass is 415 g/mol. The van der Waals surface area contributed by atoms with Crippen LogP contribution in [0.15, 0.2) is 76.7 Å². The first kappa shape index (κ1) is 20.2. The van der Waals surface area contributed by atoms with E-state index in [0.29, 0.717) is 17.7 Å². The third-order valence-corrected chi connectivity index (χ3v) is 5.11. The second kappa shape index (κ2) is 8.74. The molecule has 3 aromatic heterocycles. The van der Waals surface area contributed by atoms with Gasteiger partial charge < -0.3 is 5.32 Å². The Morgan fingerprint density at radius 3 is 2.45 bits per heavy atom. The summed E-state index contributed by atoms with van der Waals surface area (Å²) in [6.45, 7) is 2.23. The minimum Gasteiger partial charge on any atom is -0.350 e. The van der Waals surface area contributed by atoms with Gasteiger partial charge in [-0.15, -0.1) is 0 Å². The molecule has 1 amide bonds. The Morgan fingerprint density at radius 2 is 1.68 bits per heavy atom. The average molecular weight is 415 g/mol. The largest absolute Gasteiger partial charge is 0.350 e. The molecular weight excluding hydrogens is 394 g/mol. The molecule has 4 aromatic rings. The molecule has 0 aliphatic rings. The molecule has 0 saturated heterocycles. The van der Waals surface area contributed by atoms with Gasteiger partial charge in [0, 0.05) is 25.1 Å². The molecule has 0 unspecified atom stereocenters. The lowest BCUT2D eigenvalue weighted by Crippen LogP contribution is -2.44. The molecule has 31 heavy (non-hydrogen) atoms. The molecule has 0 bridgehead atoms.